The third-order valence-electron chi connectivity index (χ3n) is 2.22. The van der Waals surface area contributed by atoms with E-state index in [1.54, 1.807) is 11.3 Å². The van der Waals surface area contributed by atoms with Crippen molar-refractivity contribution in [1.82, 2.24) is 0 Å². The summed E-state index contributed by atoms with van der Waals surface area (Å²) >= 11 is 5.09. The van der Waals surface area contributed by atoms with E-state index >= 15 is 0 Å². The van der Waals surface area contributed by atoms with Crippen molar-refractivity contribution in [2.45, 2.75) is 13.5 Å². The largest absolute Gasteiger partial charge is 0.489 e. The Bertz CT molecular complexity index is 496. The summed E-state index contributed by atoms with van der Waals surface area (Å²) in [5, 5.41) is 2.08. The summed E-state index contributed by atoms with van der Waals surface area (Å²) in [4.78, 5) is 0. The van der Waals surface area contributed by atoms with Gasteiger partial charge in [0, 0.05) is 11.3 Å². The minimum Gasteiger partial charge on any atom is -0.489 e. The Morgan fingerprint density at radius 3 is 2.81 bits per heavy atom. The van der Waals surface area contributed by atoms with Crippen molar-refractivity contribution in [2.75, 3.05) is 5.73 Å². The minimum absolute atomic E-state index is 0.590. The van der Waals surface area contributed by atoms with Gasteiger partial charge in [0.1, 0.15) is 12.4 Å². The van der Waals surface area contributed by atoms with Crippen molar-refractivity contribution in [2.24, 2.45) is 0 Å². The summed E-state index contributed by atoms with van der Waals surface area (Å²) in [7, 11) is 0. The fraction of sp³-hybridized carbons (Fsp3) is 0.167. The number of anilines is 1. The topological polar surface area (TPSA) is 35.2 Å². The number of ether oxygens (including phenoxy) is 1. The number of halogens is 1. The first-order valence-electron chi connectivity index (χ1n) is 4.87. The highest BCUT2D eigenvalue weighted by Gasteiger charge is 2.02. The molecule has 2 aromatic rings. The molecule has 0 fully saturated rings. The van der Waals surface area contributed by atoms with Gasteiger partial charge in [-0.1, -0.05) is 0 Å². The van der Waals surface area contributed by atoms with Crippen LogP contribution in [0.3, 0.4) is 0 Å². The first-order valence-corrected chi connectivity index (χ1v) is 6.54. The van der Waals surface area contributed by atoms with E-state index in [1.807, 2.05) is 25.1 Å². The zero-order chi connectivity index (χ0) is 11.5. The van der Waals surface area contributed by atoms with Gasteiger partial charge in [-0.2, -0.15) is 0 Å². The molecule has 16 heavy (non-hydrogen) atoms. The summed E-state index contributed by atoms with van der Waals surface area (Å²) in [6.07, 6.45) is 0. The predicted molar refractivity (Wildman–Crippen MR) is 71.9 cm³/mol. The highest BCUT2D eigenvalue weighted by atomic mass is 79.9. The van der Waals surface area contributed by atoms with Gasteiger partial charge < -0.3 is 10.5 Å². The zero-order valence-corrected chi connectivity index (χ0v) is 11.3. The molecule has 0 amide bonds. The maximum Gasteiger partial charge on any atom is 0.122 e. The summed E-state index contributed by atoms with van der Waals surface area (Å²) < 4.78 is 6.85. The summed E-state index contributed by atoms with van der Waals surface area (Å²) in [6, 6.07) is 7.74. The van der Waals surface area contributed by atoms with Crippen LogP contribution in [-0.2, 0) is 6.61 Å². The molecular weight excluding hydrogens is 286 g/mol. The van der Waals surface area contributed by atoms with Gasteiger partial charge in [0.2, 0.25) is 0 Å². The molecule has 0 radical (unpaired) electrons. The van der Waals surface area contributed by atoms with Gasteiger partial charge in [-0.3, -0.25) is 0 Å². The molecule has 0 aliphatic heterocycles. The van der Waals surface area contributed by atoms with Crippen molar-refractivity contribution in [3.63, 3.8) is 0 Å². The van der Waals surface area contributed by atoms with Gasteiger partial charge in [-0.15, -0.1) is 11.3 Å². The maximum absolute atomic E-state index is 5.72. The summed E-state index contributed by atoms with van der Waals surface area (Å²) in [5.41, 5.74) is 8.68. The second-order valence-corrected chi connectivity index (χ2v) is 5.86. The van der Waals surface area contributed by atoms with E-state index in [0.717, 1.165) is 20.8 Å². The van der Waals surface area contributed by atoms with Crippen LogP contribution in [-0.4, -0.2) is 0 Å². The smallest absolute Gasteiger partial charge is 0.122 e. The Morgan fingerprint density at radius 1 is 1.38 bits per heavy atom. The number of thiophene rings is 1. The Balaban J connectivity index is 2.04. The van der Waals surface area contributed by atoms with Gasteiger partial charge in [0.25, 0.3) is 0 Å². The third-order valence-corrected chi connectivity index (χ3v) is 3.77. The normalized spacial score (nSPS) is 10.4. The van der Waals surface area contributed by atoms with Gasteiger partial charge in [-0.25, -0.2) is 0 Å². The Morgan fingerprint density at radius 2 is 2.19 bits per heavy atom. The Labute approximate surface area is 107 Å². The van der Waals surface area contributed by atoms with Crippen LogP contribution in [0.25, 0.3) is 0 Å². The average Bonchev–Trinajstić information content (AvgIpc) is 2.63. The van der Waals surface area contributed by atoms with Gasteiger partial charge >= 0.3 is 0 Å². The molecule has 0 spiro atoms. The van der Waals surface area contributed by atoms with E-state index in [-0.39, 0.29) is 0 Å². The summed E-state index contributed by atoms with van der Waals surface area (Å²) in [5.74, 6) is 0.886. The molecule has 0 aliphatic carbocycles. The number of hydrogen-bond acceptors (Lipinski definition) is 3. The molecular formula is C12H12BrNOS. The molecule has 0 unspecified atom stereocenters. The van der Waals surface area contributed by atoms with E-state index < -0.39 is 0 Å². The lowest BCUT2D eigenvalue weighted by molar-refractivity contribution is 0.304. The molecule has 2 N–H and O–H groups in total. The van der Waals surface area contributed by atoms with Gasteiger partial charge in [0.05, 0.1) is 3.79 Å². The number of nitrogen functional groups attached to an aromatic ring is 1. The monoisotopic (exact) mass is 297 g/mol. The second-order valence-electron chi connectivity index (χ2n) is 3.57. The number of rotatable bonds is 3. The molecule has 4 heteroatoms. The Hall–Kier alpha value is -1.00. The van der Waals surface area contributed by atoms with E-state index in [4.69, 9.17) is 10.5 Å². The quantitative estimate of drug-likeness (QED) is 0.870. The van der Waals surface area contributed by atoms with Crippen molar-refractivity contribution >= 4 is 33.0 Å². The molecule has 1 aromatic heterocycles. The maximum atomic E-state index is 5.72. The van der Waals surface area contributed by atoms with Crippen LogP contribution in [0.2, 0.25) is 0 Å². The van der Waals surface area contributed by atoms with Crippen LogP contribution < -0.4 is 10.5 Å². The van der Waals surface area contributed by atoms with Crippen LogP contribution in [0.4, 0.5) is 5.69 Å². The first-order chi connectivity index (χ1) is 7.65. The van der Waals surface area contributed by atoms with E-state index in [1.165, 1.54) is 5.56 Å². The van der Waals surface area contributed by atoms with Crippen molar-refractivity contribution in [3.8, 4) is 5.75 Å². The predicted octanol–water partition coefficient (Wildman–Crippen LogP) is 3.98. The standard InChI is InChI=1S/C12H12BrNOS/c1-8-4-10(14)2-3-11(8)15-6-9-5-12(13)16-7-9/h2-5,7H,6,14H2,1H3. The third kappa shape index (κ3) is 2.77. The lowest BCUT2D eigenvalue weighted by Gasteiger charge is -2.08. The van der Waals surface area contributed by atoms with E-state index in [9.17, 15) is 0 Å². The molecule has 0 bridgehead atoms. The second kappa shape index (κ2) is 4.89. The van der Waals surface area contributed by atoms with Crippen molar-refractivity contribution in [1.29, 1.82) is 0 Å². The van der Waals surface area contributed by atoms with Crippen LogP contribution in [0.15, 0.2) is 33.4 Å². The number of nitrogens with two attached hydrogens (primary N) is 1. The molecule has 1 aromatic carbocycles. The molecule has 0 aliphatic rings. The molecule has 2 rings (SSSR count). The zero-order valence-electron chi connectivity index (χ0n) is 8.87. The summed E-state index contributed by atoms with van der Waals surface area (Å²) in [6.45, 7) is 2.59. The molecule has 84 valence electrons. The molecule has 2 nitrogen and oxygen atoms in total. The van der Waals surface area contributed by atoms with Crippen molar-refractivity contribution < 1.29 is 4.74 Å². The lowest BCUT2D eigenvalue weighted by Crippen LogP contribution is -1.96. The van der Waals surface area contributed by atoms with E-state index in [2.05, 4.69) is 27.4 Å². The van der Waals surface area contributed by atoms with Crippen LogP contribution in [0.1, 0.15) is 11.1 Å². The van der Waals surface area contributed by atoms with Crippen molar-refractivity contribution in [3.05, 3.63) is 44.6 Å². The molecule has 0 atom stereocenters. The number of hydrogen-bond donors (Lipinski definition) is 1. The van der Waals surface area contributed by atoms with Gasteiger partial charge in [-0.05, 0) is 58.1 Å². The highest BCUT2D eigenvalue weighted by molar-refractivity contribution is 9.11. The van der Waals surface area contributed by atoms with Crippen LogP contribution >= 0.6 is 27.3 Å². The fourth-order valence-electron chi connectivity index (χ4n) is 1.42. The average molecular weight is 298 g/mol. The molecule has 1 heterocycles. The fourth-order valence-corrected chi connectivity index (χ4v) is 2.61. The lowest BCUT2D eigenvalue weighted by atomic mass is 10.2. The first kappa shape index (κ1) is 11.5. The SMILES string of the molecule is Cc1cc(N)ccc1OCc1csc(Br)c1. The van der Waals surface area contributed by atoms with Gasteiger partial charge in [0.15, 0.2) is 0 Å². The van der Waals surface area contributed by atoms with E-state index in [0.29, 0.717) is 6.61 Å². The molecule has 0 saturated heterocycles. The highest BCUT2D eigenvalue weighted by Crippen LogP contribution is 2.24. The van der Waals surface area contributed by atoms with Crippen LogP contribution in [0, 0.1) is 6.92 Å². The molecule has 0 saturated carbocycles. The minimum atomic E-state index is 0.590. The number of benzene rings is 1. The Kier molecular flexibility index (Phi) is 3.51. The number of aryl methyl sites for hydroxylation is 1. The van der Waals surface area contributed by atoms with Crippen LogP contribution in [0.5, 0.6) is 5.75 Å².